The van der Waals surface area contributed by atoms with E-state index in [2.05, 4.69) is 0 Å². The first kappa shape index (κ1) is 13.3. The molecular weight excluding hydrogens is 267 g/mol. The Morgan fingerprint density at radius 3 is 2.57 bits per heavy atom. The summed E-state index contributed by atoms with van der Waals surface area (Å²) in [5, 5.41) is 2.00. The summed E-state index contributed by atoms with van der Waals surface area (Å²) in [4.78, 5) is 12.0. The van der Waals surface area contributed by atoms with Gasteiger partial charge in [-0.25, -0.2) is 4.39 Å². The van der Waals surface area contributed by atoms with Gasteiger partial charge in [-0.05, 0) is 23.6 Å². The van der Waals surface area contributed by atoms with Crippen molar-refractivity contribution in [1.29, 1.82) is 0 Å². The highest BCUT2D eigenvalue weighted by atomic mass is 19.1. The Morgan fingerprint density at radius 1 is 0.952 bits per heavy atom. The first-order valence-corrected chi connectivity index (χ1v) is 6.63. The first-order valence-electron chi connectivity index (χ1n) is 6.63. The van der Waals surface area contributed by atoms with Gasteiger partial charge in [-0.3, -0.25) is 4.79 Å². The number of carbonyl (C=O) groups is 1. The Hall–Kier alpha value is -2.68. The Morgan fingerprint density at radius 2 is 1.71 bits per heavy atom. The van der Waals surface area contributed by atoms with E-state index in [4.69, 9.17) is 4.74 Å². The predicted molar refractivity (Wildman–Crippen MR) is 80.2 cm³/mol. The van der Waals surface area contributed by atoms with Crippen LogP contribution in [0.15, 0.2) is 66.7 Å². The monoisotopic (exact) mass is 280 g/mol. The van der Waals surface area contributed by atoms with Crippen LogP contribution >= 0.6 is 0 Å². The zero-order valence-corrected chi connectivity index (χ0v) is 11.3. The van der Waals surface area contributed by atoms with E-state index in [1.54, 1.807) is 6.07 Å². The Balaban J connectivity index is 1.79. The molecule has 0 spiro atoms. The van der Waals surface area contributed by atoms with Gasteiger partial charge < -0.3 is 4.74 Å². The van der Waals surface area contributed by atoms with Crippen LogP contribution in [0.3, 0.4) is 0 Å². The van der Waals surface area contributed by atoms with Crippen molar-refractivity contribution in [3.63, 3.8) is 0 Å². The highest BCUT2D eigenvalue weighted by molar-refractivity contribution is 5.97. The zero-order valence-electron chi connectivity index (χ0n) is 11.3. The molecule has 3 heteroatoms. The highest BCUT2D eigenvalue weighted by Crippen LogP contribution is 2.25. The summed E-state index contributed by atoms with van der Waals surface area (Å²) in [6.45, 7) is -0.114. The SMILES string of the molecule is O=C(COc1cccc2ccccc12)c1cccc(F)c1. The lowest BCUT2D eigenvalue weighted by molar-refractivity contribution is 0.0922. The Kier molecular flexibility index (Phi) is 3.65. The van der Waals surface area contributed by atoms with Crippen LogP contribution < -0.4 is 4.74 Å². The smallest absolute Gasteiger partial charge is 0.200 e. The molecule has 0 saturated carbocycles. The molecule has 3 aromatic rings. The minimum Gasteiger partial charge on any atom is -0.485 e. The second kappa shape index (κ2) is 5.75. The van der Waals surface area contributed by atoms with Crippen LogP contribution in [0.25, 0.3) is 10.8 Å². The maximum absolute atomic E-state index is 13.1. The molecule has 0 aliphatic heterocycles. The second-order valence-electron chi connectivity index (χ2n) is 4.70. The van der Waals surface area contributed by atoms with Gasteiger partial charge in [-0.15, -0.1) is 0 Å². The highest BCUT2D eigenvalue weighted by Gasteiger charge is 2.09. The third-order valence-corrected chi connectivity index (χ3v) is 3.25. The standard InChI is InChI=1S/C18H13FO2/c19-15-8-3-7-14(11-15)17(20)12-21-18-10-4-6-13-5-1-2-9-16(13)18/h1-11H,12H2. The van der Waals surface area contributed by atoms with Crippen LogP contribution in [0, 0.1) is 5.82 Å². The van der Waals surface area contributed by atoms with E-state index in [1.165, 1.54) is 18.2 Å². The molecule has 2 nitrogen and oxygen atoms in total. The molecule has 0 aliphatic rings. The summed E-state index contributed by atoms with van der Waals surface area (Å²) in [6, 6.07) is 19.1. The van der Waals surface area contributed by atoms with Crippen molar-refractivity contribution in [3.05, 3.63) is 78.1 Å². The van der Waals surface area contributed by atoms with E-state index < -0.39 is 5.82 Å². The number of Topliss-reactive ketones (excluding diaryl/α,β-unsaturated/α-hetero) is 1. The molecule has 0 radical (unpaired) electrons. The normalized spacial score (nSPS) is 10.5. The molecule has 0 fully saturated rings. The van der Waals surface area contributed by atoms with E-state index in [0.29, 0.717) is 11.3 Å². The van der Waals surface area contributed by atoms with Gasteiger partial charge >= 0.3 is 0 Å². The number of carbonyl (C=O) groups excluding carboxylic acids is 1. The van der Waals surface area contributed by atoms with Crippen LogP contribution in [0.4, 0.5) is 4.39 Å². The molecule has 21 heavy (non-hydrogen) atoms. The number of ether oxygens (including phenoxy) is 1. The molecule has 0 aliphatic carbocycles. The van der Waals surface area contributed by atoms with Gasteiger partial charge in [-0.1, -0.05) is 48.5 Å². The topological polar surface area (TPSA) is 26.3 Å². The van der Waals surface area contributed by atoms with Crippen molar-refractivity contribution in [2.45, 2.75) is 0 Å². The van der Waals surface area contributed by atoms with E-state index >= 15 is 0 Å². The number of hydrogen-bond donors (Lipinski definition) is 0. The molecule has 3 rings (SSSR count). The van der Waals surface area contributed by atoms with Crippen molar-refractivity contribution in [2.24, 2.45) is 0 Å². The first-order chi connectivity index (χ1) is 10.2. The molecule has 0 unspecified atom stereocenters. The summed E-state index contributed by atoms with van der Waals surface area (Å²) in [6.07, 6.45) is 0. The van der Waals surface area contributed by atoms with Crippen molar-refractivity contribution < 1.29 is 13.9 Å². The van der Waals surface area contributed by atoms with E-state index in [-0.39, 0.29) is 12.4 Å². The lowest BCUT2D eigenvalue weighted by Gasteiger charge is -2.08. The number of hydrogen-bond acceptors (Lipinski definition) is 2. The molecule has 0 heterocycles. The van der Waals surface area contributed by atoms with Crippen LogP contribution in [0.1, 0.15) is 10.4 Å². The molecular formula is C18H13FO2. The predicted octanol–water partition coefficient (Wildman–Crippen LogP) is 4.24. The average Bonchev–Trinajstić information content (AvgIpc) is 2.52. The van der Waals surface area contributed by atoms with Gasteiger partial charge in [0.1, 0.15) is 11.6 Å². The van der Waals surface area contributed by atoms with Crippen molar-refractivity contribution in [2.75, 3.05) is 6.61 Å². The summed E-state index contributed by atoms with van der Waals surface area (Å²) in [7, 11) is 0. The van der Waals surface area contributed by atoms with Gasteiger partial charge in [0.2, 0.25) is 0 Å². The minimum absolute atomic E-state index is 0.114. The fourth-order valence-electron chi connectivity index (χ4n) is 2.21. The molecule has 3 aromatic carbocycles. The van der Waals surface area contributed by atoms with E-state index in [0.717, 1.165) is 10.8 Å². The third-order valence-electron chi connectivity index (χ3n) is 3.25. The lowest BCUT2D eigenvalue weighted by Crippen LogP contribution is -2.11. The third kappa shape index (κ3) is 2.92. The molecule has 0 saturated heterocycles. The van der Waals surface area contributed by atoms with Crippen molar-refractivity contribution >= 4 is 16.6 Å². The largest absolute Gasteiger partial charge is 0.485 e. The molecule has 0 aromatic heterocycles. The van der Waals surface area contributed by atoms with Crippen LogP contribution in [-0.4, -0.2) is 12.4 Å². The second-order valence-corrected chi connectivity index (χ2v) is 4.70. The lowest BCUT2D eigenvalue weighted by atomic mass is 10.1. The van der Waals surface area contributed by atoms with E-state index in [9.17, 15) is 9.18 Å². The fraction of sp³-hybridized carbons (Fsp3) is 0.0556. The number of halogens is 1. The van der Waals surface area contributed by atoms with Gasteiger partial charge in [0.15, 0.2) is 12.4 Å². The molecule has 104 valence electrons. The maximum Gasteiger partial charge on any atom is 0.200 e. The number of rotatable bonds is 4. The summed E-state index contributed by atoms with van der Waals surface area (Å²) in [5.41, 5.74) is 0.315. The molecule has 0 N–H and O–H groups in total. The molecule has 0 amide bonds. The summed E-state index contributed by atoms with van der Waals surface area (Å²) >= 11 is 0. The maximum atomic E-state index is 13.1. The molecule has 0 bridgehead atoms. The van der Waals surface area contributed by atoms with E-state index in [1.807, 2.05) is 42.5 Å². The minimum atomic E-state index is -0.425. The average molecular weight is 280 g/mol. The quantitative estimate of drug-likeness (QED) is 0.668. The van der Waals surface area contributed by atoms with Gasteiger partial charge in [-0.2, -0.15) is 0 Å². The Labute approximate surface area is 121 Å². The molecule has 0 atom stereocenters. The van der Waals surface area contributed by atoms with Gasteiger partial charge in [0.25, 0.3) is 0 Å². The number of ketones is 1. The van der Waals surface area contributed by atoms with Crippen LogP contribution in [0.5, 0.6) is 5.75 Å². The van der Waals surface area contributed by atoms with Crippen molar-refractivity contribution in [3.8, 4) is 5.75 Å². The van der Waals surface area contributed by atoms with Crippen molar-refractivity contribution in [1.82, 2.24) is 0 Å². The fourth-order valence-corrected chi connectivity index (χ4v) is 2.21. The van der Waals surface area contributed by atoms with Gasteiger partial charge in [0.05, 0.1) is 0 Å². The Bertz CT molecular complexity index is 791. The van der Waals surface area contributed by atoms with Crippen LogP contribution in [0.2, 0.25) is 0 Å². The zero-order chi connectivity index (χ0) is 14.7. The summed E-state index contributed by atoms with van der Waals surface area (Å²) in [5.74, 6) is -0.0219. The summed E-state index contributed by atoms with van der Waals surface area (Å²) < 4.78 is 18.7. The number of benzene rings is 3. The van der Waals surface area contributed by atoms with Crippen LogP contribution in [-0.2, 0) is 0 Å². The number of fused-ring (bicyclic) bond motifs is 1. The van der Waals surface area contributed by atoms with Gasteiger partial charge in [0, 0.05) is 10.9 Å².